The Kier molecular flexibility index (Phi) is 10.4. The minimum atomic E-state index is -0.495. The number of hydrazine groups is 1. The van der Waals surface area contributed by atoms with E-state index in [0.29, 0.717) is 24.3 Å². The maximum Gasteiger partial charge on any atom is 0.305 e. The van der Waals surface area contributed by atoms with Crippen LogP contribution in [0.25, 0.3) is 0 Å². The molecule has 0 atom stereocenters. The molecule has 0 saturated heterocycles. The number of carbonyl (C=O) groups is 3. The molecule has 164 valence electrons. The van der Waals surface area contributed by atoms with E-state index in [1.807, 2.05) is 30.3 Å². The monoisotopic (exact) mass is 424 g/mol. The van der Waals surface area contributed by atoms with Gasteiger partial charge in [-0.2, -0.15) is 0 Å². The van der Waals surface area contributed by atoms with E-state index in [1.54, 1.807) is 30.3 Å². The SMILES string of the molecule is C=CCOc1ccccc1C(=O)NNC(=O)CCCC(=O)OCCCc1ccccc1. The van der Waals surface area contributed by atoms with Crippen molar-refractivity contribution in [1.82, 2.24) is 10.9 Å². The normalized spacial score (nSPS) is 10.1. The van der Waals surface area contributed by atoms with Crippen LogP contribution in [-0.2, 0) is 20.7 Å². The number of aryl methyl sites for hydroxylation is 1. The van der Waals surface area contributed by atoms with Gasteiger partial charge in [0.1, 0.15) is 12.4 Å². The van der Waals surface area contributed by atoms with E-state index >= 15 is 0 Å². The largest absolute Gasteiger partial charge is 0.489 e. The predicted molar refractivity (Wildman–Crippen MR) is 117 cm³/mol. The lowest BCUT2D eigenvalue weighted by molar-refractivity contribution is -0.143. The number of hydrogen-bond donors (Lipinski definition) is 2. The molecule has 0 bridgehead atoms. The van der Waals surface area contributed by atoms with E-state index in [2.05, 4.69) is 17.4 Å². The van der Waals surface area contributed by atoms with Crippen molar-refractivity contribution in [3.63, 3.8) is 0 Å². The summed E-state index contributed by atoms with van der Waals surface area (Å²) in [5.74, 6) is -0.831. The Labute approximate surface area is 182 Å². The molecule has 2 N–H and O–H groups in total. The Hall–Kier alpha value is -3.61. The van der Waals surface area contributed by atoms with Crippen molar-refractivity contribution in [2.75, 3.05) is 13.2 Å². The highest BCUT2D eigenvalue weighted by Crippen LogP contribution is 2.17. The number of hydrogen-bond acceptors (Lipinski definition) is 5. The van der Waals surface area contributed by atoms with Gasteiger partial charge in [-0.3, -0.25) is 25.2 Å². The molecule has 0 aliphatic carbocycles. The lowest BCUT2D eigenvalue weighted by Crippen LogP contribution is -2.41. The van der Waals surface area contributed by atoms with Crippen LogP contribution in [0.15, 0.2) is 67.3 Å². The Balaban J connectivity index is 1.60. The van der Waals surface area contributed by atoms with Gasteiger partial charge in [0.2, 0.25) is 5.91 Å². The summed E-state index contributed by atoms with van der Waals surface area (Å²) in [6, 6.07) is 16.7. The van der Waals surface area contributed by atoms with E-state index in [1.165, 1.54) is 5.56 Å². The lowest BCUT2D eigenvalue weighted by Gasteiger charge is -2.11. The summed E-state index contributed by atoms with van der Waals surface area (Å²) < 4.78 is 10.6. The van der Waals surface area contributed by atoms with Crippen molar-refractivity contribution in [2.45, 2.75) is 32.1 Å². The van der Waals surface area contributed by atoms with Crippen LogP contribution in [0.1, 0.15) is 41.6 Å². The number of benzene rings is 2. The number of para-hydroxylation sites is 1. The Bertz CT molecular complexity index is 867. The minimum Gasteiger partial charge on any atom is -0.489 e. The molecule has 2 rings (SSSR count). The predicted octanol–water partition coefficient (Wildman–Crippen LogP) is 3.36. The van der Waals surface area contributed by atoms with Gasteiger partial charge in [-0.1, -0.05) is 55.1 Å². The molecule has 2 aromatic carbocycles. The van der Waals surface area contributed by atoms with Crippen LogP contribution >= 0.6 is 0 Å². The standard InChI is InChI=1S/C24H28N2O5/c1-2-17-30-21-14-7-6-13-20(21)24(29)26-25-22(27)15-8-16-23(28)31-18-9-12-19-10-4-3-5-11-19/h2-7,10-11,13-14H,1,8-9,12,15-18H2,(H,25,27)(H,26,29). The van der Waals surface area contributed by atoms with Crippen LogP contribution in [0.5, 0.6) is 5.75 Å². The maximum absolute atomic E-state index is 12.3. The zero-order valence-corrected chi connectivity index (χ0v) is 17.5. The van der Waals surface area contributed by atoms with Gasteiger partial charge in [0.25, 0.3) is 5.91 Å². The van der Waals surface area contributed by atoms with Gasteiger partial charge in [-0.25, -0.2) is 0 Å². The summed E-state index contributed by atoms with van der Waals surface area (Å²) in [6.07, 6.45) is 3.74. The third-order valence-corrected chi connectivity index (χ3v) is 4.30. The maximum atomic E-state index is 12.3. The highest BCUT2D eigenvalue weighted by atomic mass is 16.5. The number of carbonyl (C=O) groups excluding carboxylic acids is 3. The van der Waals surface area contributed by atoms with Crippen molar-refractivity contribution >= 4 is 17.8 Å². The zero-order chi connectivity index (χ0) is 22.3. The molecule has 0 aromatic heterocycles. The Morgan fingerprint density at radius 2 is 1.65 bits per heavy atom. The lowest BCUT2D eigenvalue weighted by atomic mass is 10.1. The first-order chi connectivity index (χ1) is 15.1. The molecule has 0 fully saturated rings. The molecule has 2 aromatic rings. The fourth-order valence-corrected chi connectivity index (χ4v) is 2.76. The molecular weight excluding hydrogens is 396 g/mol. The fourth-order valence-electron chi connectivity index (χ4n) is 2.76. The molecule has 0 unspecified atom stereocenters. The van der Waals surface area contributed by atoms with E-state index in [4.69, 9.17) is 9.47 Å². The second-order valence-corrected chi connectivity index (χ2v) is 6.76. The van der Waals surface area contributed by atoms with Crippen molar-refractivity contribution in [3.05, 3.63) is 78.4 Å². The van der Waals surface area contributed by atoms with Crippen LogP contribution in [0.4, 0.5) is 0 Å². The van der Waals surface area contributed by atoms with E-state index in [9.17, 15) is 14.4 Å². The molecule has 0 spiro atoms. The third kappa shape index (κ3) is 9.16. The first kappa shape index (κ1) is 23.7. The highest BCUT2D eigenvalue weighted by molar-refractivity contribution is 5.97. The highest BCUT2D eigenvalue weighted by Gasteiger charge is 2.13. The van der Waals surface area contributed by atoms with Gasteiger partial charge < -0.3 is 9.47 Å². The smallest absolute Gasteiger partial charge is 0.305 e. The van der Waals surface area contributed by atoms with Gasteiger partial charge in [-0.05, 0) is 37.0 Å². The van der Waals surface area contributed by atoms with E-state index in [-0.39, 0.29) is 25.4 Å². The summed E-state index contributed by atoms with van der Waals surface area (Å²) in [4.78, 5) is 35.9. The molecule has 0 radical (unpaired) electrons. The summed E-state index contributed by atoms with van der Waals surface area (Å²) in [5.41, 5.74) is 6.19. The van der Waals surface area contributed by atoms with Gasteiger partial charge in [0.15, 0.2) is 0 Å². The topological polar surface area (TPSA) is 93.7 Å². The number of amides is 2. The summed E-state index contributed by atoms with van der Waals surface area (Å²) in [5, 5.41) is 0. The van der Waals surface area contributed by atoms with Crippen molar-refractivity contribution in [1.29, 1.82) is 0 Å². The Morgan fingerprint density at radius 1 is 0.903 bits per heavy atom. The van der Waals surface area contributed by atoms with Crippen molar-refractivity contribution in [3.8, 4) is 5.75 Å². The first-order valence-corrected chi connectivity index (χ1v) is 10.2. The molecule has 7 nitrogen and oxygen atoms in total. The molecule has 0 saturated carbocycles. The van der Waals surface area contributed by atoms with Gasteiger partial charge in [0, 0.05) is 12.8 Å². The number of nitrogens with one attached hydrogen (secondary N) is 2. The second kappa shape index (κ2) is 13.6. The van der Waals surface area contributed by atoms with Crippen molar-refractivity contribution < 1.29 is 23.9 Å². The molecule has 31 heavy (non-hydrogen) atoms. The number of esters is 1. The minimum absolute atomic E-state index is 0.0913. The van der Waals surface area contributed by atoms with Crippen LogP contribution in [0.3, 0.4) is 0 Å². The zero-order valence-electron chi connectivity index (χ0n) is 17.5. The van der Waals surface area contributed by atoms with E-state index < -0.39 is 11.8 Å². The average Bonchev–Trinajstić information content (AvgIpc) is 2.80. The summed E-state index contributed by atoms with van der Waals surface area (Å²) >= 11 is 0. The summed E-state index contributed by atoms with van der Waals surface area (Å²) in [6.45, 7) is 4.18. The van der Waals surface area contributed by atoms with Crippen LogP contribution < -0.4 is 15.6 Å². The van der Waals surface area contributed by atoms with Crippen LogP contribution in [0.2, 0.25) is 0 Å². The van der Waals surface area contributed by atoms with Gasteiger partial charge in [0.05, 0.1) is 12.2 Å². The van der Waals surface area contributed by atoms with Crippen LogP contribution in [0, 0.1) is 0 Å². The molecular formula is C24H28N2O5. The van der Waals surface area contributed by atoms with Crippen molar-refractivity contribution in [2.24, 2.45) is 0 Å². The third-order valence-electron chi connectivity index (χ3n) is 4.30. The number of rotatable bonds is 12. The summed E-state index contributed by atoms with van der Waals surface area (Å²) in [7, 11) is 0. The second-order valence-electron chi connectivity index (χ2n) is 6.76. The Morgan fingerprint density at radius 3 is 2.42 bits per heavy atom. The van der Waals surface area contributed by atoms with Gasteiger partial charge in [-0.15, -0.1) is 0 Å². The quantitative estimate of drug-likeness (QED) is 0.236. The molecule has 0 heterocycles. The van der Waals surface area contributed by atoms with Crippen LogP contribution in [-0.4, -0.2) is 31.0 Å². The first-order valence-electron chi connectivity index (χ1n) is 10.2. The number of ether oxygens (including phenoxy) is 2. The van der Waals surface area contributed by atoms with Gasteiger partial charge >= 0.3 is 5.97 Å². The fraction of sp³-hybridized carbons (Fsp3) is 0.292. The molecule has 0 aliphatic heterocycles. The molecule has 0 aliphatic rings. The van der Waals surface area contributed by atoms with E-state index in [0.717, 1.165) is 12.8 Å². The molecule has 7 heteroatoms. The average molecular weight is 424 g/mol. The molecule has 2 amide bonds.